The number of aryl methyl sites for hydroxylation is 1. The molecule has 0 saturated heterocycles. The summed E-state index contributed by atoms with van der Waals surface area (Å²) in [5.74, 6) is 1.62. The van der Waals surface area contributed by atoms with E-state index in [0.29, 0.717) is 6.04 Å². The number of nitrogens with two attached hydrogens (primary N) is 1. The fourth-order valence-electron chi connectivity index (χ4n) is 2.19. The lowest BCUT2D eigenvalue weighted by atomic mass is 9.86. The van der Waals surface area contributed by atoms with Crippen LogP contribution in [0.15, 0.2) is 12.3 Å². The Kier molecular flexibility index (Phi) is 3.72. The molecule has 1 aromatic rings. The van der Waals surface area contributed by atoms with Gasteiger partial charge in [-0.15, -0.1) is 5.10 Å². The number of aromatic nitrogens is 2. The molecule has 0 unspecified atom stereocenters. The normalized spacial score (nSPS) is 25.4. The number of rotatable bonds is 3. The third-order valence-corrected chi connectivity index (χ3v) is 3.25. The Morgan fingerprint density at radius 3 is 2.81 bits per heavy atom. The molecule has 1 saturated carbocycles. The standard InChI is InChI=1S/C12H20N4/c1-9-6-12(16-15-7-9)14-8-10-2-4-11(13)5-3-10/h6-7,10-11H,2-5,8,13H2,1H3,(H,14,16). The van der Waals surface area contributed by atoms with Gasteiger partial charge in [0.25, 0.3) is 0 Å². The Morgan fingerprint density at radius 1 is 1.38 bits per heavy atom. The highest BCUT2D eigenvalue weighted by atomic mass is 15.2. The molecule has 4 nitrogen and oxygen atoms in total. The average Bonchev–Trinajstić information content (AvgIpc) is 2.28. The van der Waals surface area contributed by atoms with E-state index >= 15 is 0 Å². The highest BCUT2D eigenvalue weighted by molar-refractivity contribution is 5.34. The van der Waals surface area contributed by atoms with Gasteiger partial charge < -0.3 is 11.1 Å². The summed E-state index contributed by atoms with van der Waals surface area (Å²) in [6.07, 6.45) is 6.54. The summed E-state index contributed by atoms with van der Waals surface area (Å²) in [5, 5.41) is 11.3. The molecule has 0 bridgehead atoms. The van der Waals surface area contributed by atoms with Crippen LogP contribution in [0, 0.1) is 12.8 Å². The van der Waals surface area contributed by atoms with Gasteiger partial charge in [0.1, 0.15) is 5.82 Å². The summed E-state index contributed by atoms with van der Waals surface area (Å²) in [6.45, 7) is 3.02. The van der Waals surface area contributed by atoms with Crippen molar-refractivity contribution >= 4 is 5.82 Å². The molecule has 1 aromatic heterocycles. The number of nitrogens with one attached hydrogen (secondary N) is 1. The van der Waals surface area contributed by atoms with Gasteiger partial charge in [0.15, 0.2) is 0 Å². The van der Waals surface area contributed by atoms with Crippen molar-refractivity contribution in [2.75, 3.05) is 11.9 Å². The molecule has 0 aromatic carbocycles. The molecule has 1 heterocycles. The second kappa shape index (κ2) is 5.25. The molecule has 0 spiro atoms. The van der Waals surface area contributed by atoms with Gasteiger partial charge in [0, 0.05) is 12.6 Å². The van der Waals surface area contributed by atoms with Crippen LogP contribution in [0.4, 0.5) is 5.82 Å². The van der Waals surface area contributed by atoms with Crippen LogP contribution in [0.3, 0.4) is 0 Å². The lowest BCUT2D eigenvalue weighted by Gasteiger charge is -2.26. The molecule has 0 atom stereocenters. The van der Waals surface area contributed by atoms with E-state index in [1.165, 1.54) is 12.8 Å². The minimum atomic E-state index is 0.426. The second-order valence-electron chi connectivity index (χ2n) is 4.78. The Hall–Kier alpha value is -1.16. The summed E-state index contributed by atoms with van der Waals surface area (Å²) in [4.78, 5) is 0. The summed E-state index contributed by atoms with van der Waals surface area (Å²) < 4.78 is 0. The third-order valence-electron chi connectivity index (χ3n) is 3.25. The van der Waals surface area contributed by atoms with Gasteiger partial charge in [-0.25, -0.2) is 0 Å². The van der Waals surface area contributed by atoms with Crippen LogP contribution in [-0.2, 0) is 0 Å². The molecular formula is C12H20N4. The van der Waals surface area contributed by atoms with Crippen molar-refractivity contribution in [3.63, 3.8) is 0 Å². The average molecular weight is 220 g/mol. The van der Waals surface area contributed by atoms with Crippen LogP contribution in [-0.4, -0.2) is 22.8 Å². The molecule has 1 aliphatic rings. The number of anilines is 1. The van der Waals surface area contributed by atoms with E-state index in [2.05, 4.69) is 15.5 Å². The first-order chi connectivity index (χ1) is 7.74. The highest BCUT2D eigenvalue weighted by Gasteiger charge is 2.18. The summed E-state index contributed by atoms with van der Waals surface area (Å²) >= 11 is 0. The molecule has 88 valence electrons. The molecule has 4 heteroatoms. The highest BCUT2D eigenvalue weighted by Crippen LogP contribution is 2.23. The van der Waals surface area contributed by atoms with Gasteiger partial charge in [0.05, 0.1) is 6.20 Å². The van der Waals surface area contributed by atoms with Crippen molar-refractivity contribution < 1.29 is 0 Å². The van der Waals surface area contributed by atoms with Crippen molar-refractivity contribution in [1.29, 1.82) is 0 Å². The molecule has 1 fully saturated rings. The number of nitrogens with zero attached hydrogens (tertiary/aromatic N) is 2. The molecule has 3 N–H and O–H groups in total. The van der Waals surface area contributed by atoms with Crippen LogP contribution in [0.25, 0.3) is 0 Å². The molecule has 0 aliphatic heterocycles. The third kappa shape index (κ3) is 3.17. The van der Waals surface area contributed by atoms with E-state index < -0.39 is 0 Å². The molecule has 0 amide bonds. The van der Waals surface area contributed by atoms with Gasteiger partial charge in [-0.2, -0.15) is 5.10 Å². The fraction of sp³-hybridized carbons (Fsp3) is 0.667. The van der Waals surface area contributed by atoms with E-state index in [9.17, 15) is 0 Å². The summed E-state index contributed by atoms with van der Waals surface area (Å²) in [7, 11) is 0. The van der Waals surface area contributed by atoms with Gasteiger partial charge in [-0.3, -0.25) is 0 Å². The second-order valence-corrected chi connectivity index (χ2v) is 4.78. The van der Waals surface area contributed by atoms with Crippen LogP contribution < -0.4 is 11.1 Å². The SMILES string of the molecule is Cc1cnnc(NCC2CCC(N)CC2)c1. The van der Waals surface area contributed by atoms with Gasteiger partial charge >= 0.3 is 0 Å². The van der Waals surface area contributed by atoms with Gasteiger partial charge in [-0.05, 0) is 50.2 Å². The van der Waals surface area contributed by atoms with Crippen molar-refractivity contribution in [3.8, 4) is 0 Å². The zero-order valence-electron chi connectivity index (χ0n) is 9.82. The smallest absolute Gasteiger partial charge is 0.148 e. The first-order valence-electron chi connectivity index (χ1n) is 6.03. The minimum Gasteiger partial charge on any atom is -0.368 e. The van der Waals surface area contributed by atoms with E-state index in [4.69, 9.17) is 5.73 Å². The Balaban J connectivity index is 1.79. The van der Waals surface area contributed by atoms with Crippen molar-refractivity contribution in [1.82, 2.24) is 10.2 Å². The largest absolute Gasteiger partial charge is 0.368 e. The maximum Gasteiger partial charge on any atom is 0.148 e. The first kappa shape index (κ1) is 11.3. The van der Waals surface area contributed by atoms with Crippen LogP contribution in [0.1, 0.15) is 31.2 Å². The zero-order valence-corrected chi connectivity index (χ0v) is 9.82. The molecule has 0 radical (unpaired) electrons. The van der Waals surface area contributed by atoms with E-state index in [1.807, 2.05) is 13.0 Å². The topological polar surface area (TPSA) is 63.8 Å². The Labute approximate surface area is 96.6 Å². The molecular weight excluding hydrogens is 200 g/mol. The van der Waals surface area contributed by atoms with E-state index in [0.717, 1.165) is 36.7 Å². The molecule has 2 rings (SSSR count). The maximum absolute atomic E-state index is 5.88. The van der Waals surface area contributed by atoms with Gasteiger partial charge in [0.2, 0.25) is 0 Å². The van der Waals surface area contributed by atoms with Crippen LogP contribution in [0.2, 0.25) is 0 Å². The van der Waals surface area contributed by atoms with E-state index in [-0.39, 0.29) is 0 Å². The first-order valence-corrected chi connectivity index (χ1v) is 6.03. The summed E-state index contributed by atoms with van der Waals surface area (Å²) in [6, 6.07) is 2.46. The fourth-order valence-corrected chi connectivity index (χ4v) is 2.19. The lowest BCUT2D eigenvalue weighted by molar-refractivity contribution is 0.338. The number of hydrogen-bond donors (Lipinski definition) is 2. The van der Waals surface area contributed by atoms with Crippen LogP contribution in [0.5, 0.6) is 0 Å². The minimum absolute atomic E-state index is 0.426. The predicted molar refractivity (Wildman–Crippen MR) is 65.2 cm³/mol. The molecule has 16 heavy (non-hydrogen) atoms. The quantitative estimate of drug-likeness (QED) is 0.814. The maximum atomic E-state index is 5.88. The van der Waals surface area contributed by atoms with Crippen LogP contribution >= 0.6 is 0 Å². The van der Waals surface area contributed by atoms with E-state index in [1.54, 1.807) is 6.20 Å². The monoisotopic (exact) mass is 220 g/mol. The summed E-state index contributed by atoms with van der Waals surface area (Å²) in [5.41, 5.74) is 7.02. The van der Waals surface area contributed by atoms with Crippen molar-refractivity contribution in [3.05, 3.63) is 17.8 Å². The lowest BCUT2D eigenvalue weighted by Crippen LogP contribution is -2.29. The van der Waals surface area contributed by atoms with Crippen molar-refractivity contribution in [2.45, 2.75) is 38.6 Å². The molecule has 1 aliphatic carbocycles. The predicted octanol–water partition coefficient (Wildman–Crippen LogP) is 1.71. The zero-order chi connectivity index (χ0) is 11.4. The Bertz CT molecular complexity index is 332. The number of hydrogen-bond acceptors (Lipinski definition) is 4. The Morgan fingerprint density at radius 2 is 2.12 bits per heavy atom. The van der Waals surface area contributed by atoms with Crippen molar-refractivity contribution in [2.24, 2.45) is 11.7 Å². The van der Waals surface area contributed by atoms with Gasteiger partial charge in [-0.1, -0.05) is 0 Å².